The van der Waals surface area contributed by atoms with Gasteiger partial charge in [-0.1, -0.05) is 11.6 Å². The number of hydrogen-bond acceptors (Lipinski definition) is 4. The number of aromatic nitrogens is 1. The number of nitrogens with one attached hydrogen (secondary N) is 1. The van der Waals surface area contributed by atoms with E-state index in [2.05, 4.69) is 22.2 Å². The van der Waals surface area contributed by atoms with Crippen LogP contribution in [0.2, 0.25) is 5.02 Å². The number of carbonyl (C=O) groups excluding carboxylic acids is 1. The minimum Gasteiger partial charge on any atom is -0.475 e. The third-order valence-corrected chi connectivity index (χ3v) is 4.23. The van der Waals surface area contributed by atoms with Crippen LogP contribution < -0.4 is 10.1 Å². The van der Waals surface area contributed by atoms with Crippen molar-refractivity contribution in [3.63, 3.8) is 0 Å². The SMILES string of the molecule is CN1CCC[C@H](CN(C)C(=O)NCCOc2ncccc2Cl)C1. The highest BCUT2D eigenvalue weighted by Gasteiger charge is 2.20. The van der Waals surface area contributed by atoms with Gasteiger partial charge in [0.15, 0.2) is 0 Å². The summed E-state index contributed by atoms with van der Waals surface area (Å²) in [4.78, 5) is 20.2. The molecule has 0 aromatic carbocycles. The number of likely N-dealkylation sites (tertiary alicyclic amines) is 1. The Hall–Kier alpha value is -1.53. The number of urea groups is 1. The topological polar surface area (TPSA) is 57.7 Å². The standard InChI is InChI=1S/C16H25ClN4O2/c1-20-9-4-5-13(11-20)12-21(2)16(22)19-8-10-23-15-14(17)6-3-7-18-15/h3,6-7,13H,4-5,8-12H2,1-2H3,(H,19,22)/t13-/m0/s1. The van der Waals surface area contributed by atoms with Crippen LogP contribution in [0.4, 0.5) is 4.79 Å². The lowest BCUT2D eigenvalue weighted by atomic mass is 9.98. The average molecular weight is 341 g/mol. The highest BCUT2D eigenvalue weighted by Crippen LogP contribution is 2.19. The van der Waals surface area contributed by atoms with Gasteiger partial charge in [0.05, 0.1) is 6.54 Å². The Morgan fingerprint density at radius 2 is 2.43 bits per heavy atom. The lowest BCUT2D eigenvalue weighted by Gasteiger charge is -2.32. The first-order valence-corrected chi connectivity index (χ1v) is 8.35. The molecule has 128 valence electrons. The number of halogens is 1. The zero-order valence-corrected chi connectivity index (χ0v) is 14.6. The summed E-state index contributed by atoms with van der Waals surface area (Å²) in [6.07, 6.45) is 4.01. The molecule has 7 heteroatoms. The molecular formula is C16H25ClN4O2. The van der Waals surface area contributed by atoms with E-state index in [0.29, 0.717) is 30.0 Å². The zero-order valence-electron chi connectivity index (χ0n) is 13.8. The fourth-order valence-corrected chi connectivity index (χ4v) is 2.99. The van der Waals surface area contributed by atoms with Crippen molar-refractivity contribution in [2.24, 2.45) is 5.92 Å². The summed E-state index contributed by atoms with van der Waals surface area (Å²) in [5.41, 5.74) is 0. The lowest BCUT2D eigenvalue weighted by Crippen LogP contribution is -2.44. The van der Waals surface area contributed by atoms with Gasteiger partial charge in [-0.3, -0.25) is 0 Å². The fraction of sp³-hybridized carbons (Fsp3) is 0.625. The van der Waals surface area contributed by atoms with Gasteiger partial charge in [0, 0.05) is 26.3 Å². The van der Waals surface area contributed by atoms with Gasteiger partial charge in [-0.2, -0.15) is 0 Å². The molecule has 0 aliphatic carbocycles. The van der Waals surface area contributed by atoms with Crippen LogP contribution in [0.15, 0.2) is 18.3 Å². The third kappa shape index (κ3) is 5.88. The number of piperidine rings is 1. The van der Waals surface area contributed by atoms with E-state index >= 15 is 0 Å². The van der Waals surface area contributed by atoms with Gasteiger partial charge in [-0.25, -0.2) is 9.78 Å². The van der Waals surface area contributed by atoms with Crippen molar-refractivity contribution in [1.29, 1.82) is 0 Å². The number of amides is 2. The molecule has 1 aliphatic heterocycles. The van der Waals surface area contributed by atoms with Gasteiger partial charge in [0.1, 0.15) is 11.6 Å². The number of ether oxygens (including phenoxy) is 1. The fourth-order valence-electron chi connectivity index (χ4n) is 2.81. The zero-order chi connectivity index (χ0) is 16.7. The van der Waals surface area contributed by atoms with Gasteiger partial charge in [-0.15, -0.1) is 0 Å². The van der Waals surface area contributed by atoms with Gasteiger partial charge in [0.2, 0.25) is 5.88 Å². The highest BCUT2D eigenvalue weighted by atomic mass is 35.5. The minimum atomic E-state index is -0.0751. The van der Waals surface area contributed by atoms with Crippen LogP contribution in [0.1, 0.15) is 12.8 Å². The predicted molar refractivity (Wildman–Crippen MR) is 91.0 cm³/mol. The molecule has 1 aliphatic rings. The van der Waals surface area contributed by atoms with Crippen molar-refractivity contribution in [2.75, 3.05) is 46.9 Å². The van der Waals surface area contributed by atoms with E-state index in [-0.39, 0.29) is 6.03 Å². The van der Waals surface area contributed by atoms with Crippen LogP contribution in [-0.2, 0) is 0 Å². The number of pyridine rings is 1. The molecule has 0 radical (unpaired) electrons. The van der Waals surface area contributed by atoms with E-state index in [1.54, 1.807) is 23.2 Å². The second-order valence-corrected chi connectivity index (χ2v) is 6.43. The molecule has 1 aromatic rings. The van der Waals surface area contributed by atoms with Crippen LogP contribution in [-0.4, -0.2) is 67.7 Å². The smallest absolute Gasteiger partial charge is 0.317 e. The summed E-state index contributed by atoms with van der Waals surface area (Å²) in [6, 6.07) is 3.39. The maximum atomic E-state index is 12.1. The Bertz CT molecular complexity index is 515. The van der Waals surface area contributed by atoms with Crippen molar-refractivity contribution in [3.8, 4) is 5.88 Å². The Kier molecular flexibility index (Phi) is 6.92. The molecule has 23 heavy (non-hydrogen) atoms. The molecule has 0 spiro atoms. The summed E-state index contributed by atoms with van der Waals surface area (Å²) in [5, 5.41) is 3.32. The monoisotopic (exact) mass is 340 g/mol. The third-order valence-electron chi connectivity index (χ3n) is 3.94. The van der Waals surface area contributed by atoms with Crippen LogP contribution in [0.3, 0.4) is 0 Å². The van der Waals surface area contributed by atoms with Gasteiger partial charge in [-0.05, 0) is 44.5 Å². The van der Waals surface area contributed by atoms with Crippen LogP contribution in [0.5, 0.6) is 5.88 Å². The summed E-state index contributed by atoms with van der Waals surface area (Å²) in [6.45, 7) is 3.74. The second kappa shape index (κ2) is 8.93. The van der Waals surface area contributed by atoms with Crippen LogP contribution >= 0.6 is 11.6 Å². The summed E-state index contributed by atoms with van der Waals surface area (Å²) >= 11 is 5.95. The van der Waals surface area contributed by atoms with E-state index < -0.39 is 0 Å². The van der Waals surface area contributed by atoms with Crippen molar-refractivity contribution >= 4 is 17.6 Å². The van der Waals surface area contributed by atoms with E-state index in [9.17, 15) is 4.79 Å². The quantitative estimate of drug-likeness (QED) is 0.806. The highest BCUT2D eigenvalue weighted by molar-refractivity contribution is 6.31. The molecule has 1 aromatic heterocycles. The molecule has 1 fully saturated rings. The molecule has 2 amide bonds. The summed E-state index contributed by atoms with van der Waals surface area (Å²) in [5.74, 6) is 0.940. The van der Waals surface area contributed by atoms with E-state index in [1.807, 2.05) is 7.05 Å². The number of rotatable bonds is 6. The van der Waals surface area contributed by atoms with Crippen LogP contribution in [0, 0.1) is 5.92 Å². The van der Waals surface area contributed by atoms with Crippen molar-refractivity contribution in [1.82, 2.24) is 20.1 Å². The first kappa shape index (κ1) is 17.8. The summed E-state index contributed by atoms with van der Waals surface area (Å²) in [7, 11) is 3.97. The minimum absolute atomic E-state index is 0.0751. The molecule has 2 heterocycles. The second-order valence-electron chi connectivity index (χ2n) is 6.02. The number of carbonyl (C=O) groups is 1. The predicted octanol–water partition coefficient (Wildman–Crippen LogP) is 2.10. The molecule has 1 N–H and O–H groups in total. The van der Waals surface area contributed by atoms with Crippen LogP contribution in [0.25, 0.3) is 0 Å². The molecular weight excluding hydrogens is 316 g/mol. The normalized spacial score (nSPS) is 18.5. The van der Waals surface area contributed by atoms with E-state index in [4.69, 9.17) is 16.3 Å². The Balaban J connectivity index is 1.65. The molecule has 0 unspecified atom stereocenters. The Morgan fingerprint density at radius 3 is 3.17 bits per heavy atom. The largest absolute Gasteiger partial charge is 0.475 e. The molecule has 1 atom stereocenters. The maximum Gasteiger partial charge on any atom is 0.317 e. The van der Waals surface area contributed by atoms with E-state index in [1.165, 1.54) is 12.8 Å². The molecule has 0 bridgehead atoms. The first-order valence-electron chi connectivity index (χ1n) is 7.97. The van der Waals surface area contributed by atoms with Crippen molar-refractivity contribution in [2.45, 2.75) is 12.8 Å². The molecule has 6 nitrogen and oxygen atoms in total. The van der Waals surface area contributed by atoms with Gasteiger partial charge in [0.25, 0.3) is 0 Å². The number of hydrogen-bond donors (Lipinski definition) is 1. The van der Waals surface area contributed by atoms with E-state index in [0.717, 1.165) is 19.6 Å². The van der Waals surface area contributed by atoms with Crippen molar-refractivity contribution < 1.29 is 9.53 Å². The summed E-state index contributed by atoms with van der Waals surface area (Å²) < 4.78 is 5.45. The Labute approximate surface area is 142 Å². The first-order chi connectivity index (χ1) is 11.1. The average Bonchev–Trinajstić information content (AvgIpc) is 2.53. The molecule has 1 saturated heterocycles. The van der Waals surface area contributed by atoms with Gasteiger partial charge < -0.3 is 19.9 Å². The number of nitrogens with zero attached hydrogens (tertiary/aromatic N) is 3. The molecule has 0 saturated carbocycles. The van der Waals surface area contributed by atoms with Crippen molar-refractivity contribution in [3.05, 3.63) is 23.4 Å². The maximum absolute atomic E-state index is 12.1. The Morgan fingerprint density at radius 1 is 1.61 bits per heavy atom. The molecule has 2 rings (SSSR count). The van der Waals surface area contributed by atoms with Gasteiger partial charge >= 0.3 is 6.03 Å². The lowest BCUT2D eigenvalue weighted by molar-refractivity contribution is 0.162.